The number of amides is 1. The highest BCUT2D eigenvalue weighted by atomic mass is 16.1. The van der Waals surface area contributed by atoms with E-state index in [0.717, 1.165) is 5.56 Å². The number of rotatable bonds is 3. The maximum Gasteiger partial charge on any atom is 0.251 e. The maximum atomic E-state index is 11.3. The first-order valence-corrected chi connectivity index (χ1v) is 4.28. The van der Waals surface area contributed by atoms with Crippen molar-refractivity contribution in [1.29, 1.82) is 0 Å². The highest BCUT2D eigenvalue weighted by Gasteiger charge is 2.06. The summed E-state index contributed by atoms with van der Waals surface area (Å²) in [7, 11) is 0. The lowest BCUT2D eigenvalue weighted by atomic mass is 10.1. The van der Waals surface area contributed by atoms with Crippen LogP contribution in [-0.2, 0) is 4.79 Å². The number of benzene rings is 1. The largest absolute Gasteiger partial charge is 0.352 e. The zero-order valence-corrected chi connectivity index (χ0v) is 7.71. The van der Waals surface area contributed by atoms with E-state index in [1.807, 2.05) is 37.3 Å². The van der Waals surface area contributed by atoms with Gasteiger partial charge in [0.05, 0.1) is 0 Å². The molecule has 1 N–H and O–H groups in total. The van der Waals surface area contributed by atoms with E-state index in [-0.39, 0.29) is 5.91 Å². The molecule has 0 aliphatic heterocycles. The maximum absolute atomic E-state index is 11.3. The van der Waals surface area contributed by atoms with Crippen LogP contribution >= 0.6 is 0 Å². The Morgan fingerprint density at radius 3 is 2.54 bits per heavy atom. The molecule has 1 aromatic rings. The first kappa shape index (κ1) is 9.52. The normalized spacial score (nSPS) is 9.31. The SMILES string of the molecule is C=C(C(=O)NCC)c1ccccc1. The number of likely N-dealkylation sites (N-methyl/N-ethyl adjacent to an activating group) is 1. The summed E-state index contributed by atoms with van der Waals surface area (Å²) in [4.78, 5) is 11.3. The Bertz CT molecular complexity index is 303. The summed E-state index contributed by atoms with van der Waals surface area (Å²) < 4.78 is 0. The standard InChI is InChI=1S/C11H13NO/c1-3-12-11(13)9(2)10-7-5-4-6-8-10/h4-8H,2-3H2,1H3,(H,12,13). The molecule has 1 rings (SSSR count). The van der Waals surface area contributed by atoms with Crippen LogP contribution in [0.1, 0.15) is 12.5 Å². The zero-order chi connectivity index (χ0) is 9.68. The summed E-state index contributed by atoms with van der Waals surface area (Å²) in [5.41, 5.74) is 1.39. The fraction of sp³-hybridized carbons (Fsp3) is 0.182. The van der Waals surface area contributed by atoms with Gasteiger partial charge < -0.3 is 5.32 Å². The van der Waals surface area contributed by atoms with Gasteiger partial charge in [-0.1, -0.05) is 36.9 Å². The molecular formula is C11H13NO. The van der Waals surface area contributed by atoms with Crippen molar-refractivity contribution >= 4 is 11.5 Å². The summed E-state index contributed by atoms with van der Waals surface area (Å²) >= 11 is 0. The Hall–Kier alpha value is -1.57. The fourth-order valence-corrected chi connectivity index (χ4v) is 1.04. The lowest BCUT2D eigenvalue weighted by molar-refractivity contribution is -0.115. The molecule has 0 spiro atoms. The van der Waals surface area contributed by atoms with E-state index in [2.05, 4.69) is 11.9 Å². The molecule has 0 radical (unpaired) electrons. The molecule has 0 fully saturated rings. The van der Waals surface area contributed by atoms with Gasteiger partial charge in [-0.15, -0.1) is 0 Å². The molecule has 2 heteroatoms. The van der Waals surface area contributed by atoms with Crippen molar-refractivity contribution in [2.75, 3.05) is 6.54 Å². The summed E-state index contributed by atoms with van der Waals surface area (Å²) in [5, 5.41) is 2.71. The molecule has 0 unspecified atom stereocenters. The Balaban J connectivity index is 2.74. The molecule has 1 aromatic carbocycles. The predicted molar refractivity (Wildman–Crippen MR) is 54.2 cm³/mol. The van der Waals surface area contributed by atoms with Gasteiger partial charge in [-0.2, -0.15) is 0 Å². The van der Waals surface area contributed by atoms with Crippen LogP contribution in [-0.4, -0.2) is 12.5 Å². The van der Waals surface area contributed by atoms with Crippen molar-refractivity contribution in [2.45, 2.75) is 6.92 Å². The predicted octanol–water partition coefficient (Wildman–Crippen LogP) is 1.84. The lowest BCUT2D eigenvalue weighted by Gasteiger charge is -2.04. The molecule has 0 aliphatic carbocycles. The van der Waals surface area contributed by atoms with Crippen LogP contribution in [0, 0.1) is 0 Å². The van der Waals surface area contributed by atoms with Gasteiger partial charge in [-0.25, -0.2) is 0 Å². The van der Waals surface area contributed by atoms with Gasteiger partial charge in [0.15, 0.2) is 0 Å². The van der Waals surface area contributed by atoms with Crippen LogP contribution in [0.5, 0.6) is 0 Å². The molecule has 0 aliphatic rings. The Morgan fingerprint density at radius 2 is 2.00 bits per heavy atom. The highest BCUT2D eigenvalue weighted by molar-refractivity contribution is 6.18. The van der Waals surface area contributed by atoms with Crippen molar-refractivity contribution in [3.63, 3.8) is 0 Å². The van der Waals surface area contributed by atoms with Gasteiger partial charge in [0.2, 0.25) is 0 Å². The van der Waals surface area contributed by atoms with Gasteiger partial charge in [0.1, 0.15) is 0 Å². The Kier molecular flexibility index (Phi) is 3.26. The second-order valence-electron chi connectivity index (χ2n) is 2.70. The molecule has 0 bridgehead atoms. The van der Waals surface area contributed by atoms with E-state index in [1.165, 1.54) is 0 Å². The van der Waals surface area contributed by atoms with E-state index in [1.54, 1.807) is 0 Å². The minimum absolute atomic E-state index is 0.103. The smallest absolute Gasteiger partial charge is 0.251 e. The molecule has 0 saturated heterocycles. The quantitative estimate of drug-likeness (QED) is 0.698. The number of carbonyl (C=O) groups is 1. The molecule has 0 aromatic heterocycles. The lowest BCUT2D eigenvalue weighted by Crippen LogP contribution is -2.23. The van der Waals surface area contributed by atoms with Crippen LogP contribution in [0.3, 0.4) is 0 Å². The van der Waals surface area contributed by atoms with Crippen LogP contribution < -0.4 is 5.32 Å². The third-order valence-electron chi connectivity index (χ3n) is 1.73. The monoisotopic (exact) mass is 175 g/mol. The summed E-state index contributed by atoms with van der Waals surface area (Å²) in [6.45, 7) is 6.25. The topological polar surface area (TPSA) is 29.1 Å². The molecule has 68 valence electrons. The van der Waals surface area contributed by atoms with Crippen LogP contribution in [0.25, 0.3) is 5.57 Å². The Morgan fingerprint density at radius 1 is 1.38 bits per heavy atom. The van der Waals surface area contributed by atoms with Crippen LogP contribution in [0.4, 0.5) is 0 Å². The van der Waals surface area contributed by atoms with Gasteiger partial charge in [-0.3, -0.25) is 4.79 Å². The van der Waals surface area contributed by atoms with E-state index in [4.69, 9.17) is 0 Å². The average Bonchev–Trinajstić information content (AvgIpc) is 2.18. The minimum Gasteiger partial charge on any atom is -0.352 e. The third kappa shape index (κ3) is 2.44. The van der Waals surface area contributed by atoms with E-state index >= 15 is 0 Å². The van der Waals surface area contributed by atoms with E-state index in [0.29, 0.717) is 12.1 Å². The second kappa shape index (κ2) is 4.45. The van der Waals surface area contributed by atoms with Crippen LogP contribution in [0.2, 0.25) is 0 Å². The van der Waals surface area contributed by atoms with Crippen LogP contribution in [0.15, 0.2) is 36.9 Å². The van der Waals surface area contributed by atoms with E-state index in [9.17, 15) is 4.79 Å². The second-order valence-corrected chi connectivity index (χ2v) is 2.70. The van der Waals surface area contributed by atoms with Crippen molar-refractivity contribution in [3.05, 3.63) is 42.5 Å². The molecular weight excluding hydrogens is 162 g/mol. The zero-order valence-electron chi connectivity index (χ0n) is 7.71. The summed E-state index contributed by atoms with van der Waals surface area (Å²) in [5.74, 6) is -0.103. The first-order valence-electron chi connectivity index (χ1n) is 4.28. The van der Waals surface area contributed by atoms with Gasteiger partial charge in [0, 0.05) is 12.1 Å². The molecule has 2 nitrogen and oxygen atoms in total. The fourth-order valence-electron chi connectivity index (χ4n) is 1.04. The van der Waals surface area contributed by atoms with Crippen molar-refractivity contribution in [2.24, 2.45) is 0 Å². The number of hydrogen-bond donors (Lipinski definition) is 1. The molecule has 0 atom stereocenters. The van der Waals surface area contributed by atoms with Crippen molar-refractivity contribution in [1.82, 2.24) is 5.32 Å². The third-order valence-corrected chi connectivity index (χ3v) is 1.73. The summed E-state index contributed by atoms with van der Waals surface area (Å²) in [6, 6.07) is 9.43. The molecule has 0 saturated carbocycles. The number of hydrogen-bond acceptors (Lipinski definition) is 1. The minimum atomic E-state index is -0.103. The van der Waals surface area contributed by atoms with E-state index < -0.39 is 0 Å². The van der Waals surface area contributed by atoms with Crippen molar-refractivity contribution in [3.8, 4) is 0 Å². The number of carbonyl (C=O) groups excluding carboxylic acids is 1. The van der Waals surface area contributed by atoms with Gasteiger partial charge in [0.25, 0.3) is 5.91 Å². The highest BCUT2D eigenvalue weighted by Crippen LogP contribution is 2.10. The van der Waals surface area contributed by atoms with Gasteiger partial charge in [-0.05, 0) is 12.5 Å². The van der Waals surface area contributed by atoms with Crippen molar-refractivity contribution < 1.29 is 4.79 Å². The first-order chi connectivity index (χ1) is 6.25. The molecule has 0 heterocycles. The molecule has 1 amide bonds. The number of nitrogens with one attached hydrogen (secondary N) is 1. The molecule has 13 heavy (non-hydrogen) atoms. The van der Waals surface area contributed by atoms with Gasteiger partial charge >= 0.3 is 0 Å². The Labute approximate surface area is 78.3 Å². The summed E-state index contributed by atoms with van der Waals surface area (Å²) in [6.07, 6.45) is 0. The average molecular weight is 175 g/mol.